The largest absolute Gasteiger partial charge is 0.480 e. The number of amides is 1. The zero-order valence-electron chi connectivity index (χ0n) is 10.8. The topological polar surface area (TPSA) is 66.4 Å². The van der Waals surface area contributed by atoms with Crippen LogP contribution in [-0.2, 0) is 9.59 Å². The van der Waals surface area contributed by atoms with Gasteiger partial charge in [0.2, 0.25) is 5.91 Å². The summed E-state index contributed by atoms with van der Waals surface area (Å²) in [7, 11) is 0. The van der Waals surface area contributed by atoms with Crippen molar-refractivity contribution in [2.24, 2.45) is 23.2 Å². The van der Waals surface area contributed by atoms with Crippen molar-refractivity contribution in [3.05, 3.63) is 0 Å². The second-order valence-corrected chi connectivity index (χ2v) is 6.75. The number of carboxylic acids is 1. The molecule has 0 heterocycles. The van der Waals surface area contributed by atoms with E-state index >= 15 is 0 Å². The highest BCUT2D eigenvalue weighted by Gasteiger charge is 2.56. The van der Waals surface area contributed by atoms with Gasteiger partial charge in [0.1, 0.15) is 6.04 Å². The van der Waals surface area contributed by atoms with Crippen molar-refractivity contribution >= 4 is 11.9 Å². The monoisotopic (exact) mass is 251 g/mol. The molecule has 4 nitrogen and oxygen atoms in total. The Morgan fingerprint density at radius 2 is 1.56 bits per heavy atom. The number of nitrogens with one attached hydrogen (secondary N) is 1. The van der Waals surface area contributed by atoms with Crippen LogP contribution in [0.15, 0.2) is 0 Å². The number of hydrogen-bond acceptors (Lipinski definition) is 2. The van der Waals surface area contributed by atoms with Crippen LogP contribution < -0.4 is 5.32 Å². The van der Waals surface area contributed by atoms with Crippen molar-refractivity contribution in [3.63, 3.8) is 0 Å². The number of hydrogen-bond donors (Lipinski definition) is 2. The quantitative estimate of drug-likeness (QED) is 0.803. The molecule has 0 radical (unpaired) electrons. The molecule has 0 aliphatic heterocycles. The lowest BCUT2D eigenvalue weighted by Crippen LogP contribution is -2.59. The Morgan fingerprint density at radius 1 is 1.11 bits per heavy atom. The summed E-state index contributed by atoms with van der Waals surface area (Å²) in [6, 6.07) is -0.677. The first-order chi connectivity index (χ1) is 8.48. The van der Waals surface area contributed by atoms with Crippen molar-refractivity contribution in [1.82, 2.24) is 5.32 Å². The van der Waals surface area contributed by atoms with E-state index < -0.39 is 12.0 Å². The van der Waals surface area contributed by atoms with Crippen LogP contribution >= 0.6 is 0 Å². The Bertz CT molecular complexity index is 355. The minimum absolute atomic E-state index is 0.160. The molecule has 2 N–H and O–H groups in total. The van der Waals surface area contributed by atoms with Crippen LogP contribution in [0.25, 0.3) is 0 Å². The Balaban J connectivity index is 1.88. The molecule has 0 aromatic carbocycles. The van der Waals surface area contributed by atoms with Gasteiger partial charge in [-0.2, -0.15) is 0 Å². The van der Waals surface area contributed by atoms with Crippen molar-refractivity contribution in [2.45, 2.75) is 51.5 Å². The molecule has 1 atom stereocenters. The number of rotatable bonds is 3. The average molecular weight is 251 g/mol. The van der Waals surface area contributed by atoms with E-state index in [2.05, 4.69) is 5.32 Å². The van der Waals surface area contributed by atoms with Gasteiger partial charge in [-0.05, 0) is 56.3 Å². The van der Waals surface area contributed by atoms with Crippen molar-refractivity contribution < 1.29 is 14.7 Å². The molecular formula is C14H21NO3. The fourth-order valence-corrected chi connectivity index (χ4v) is 5.21. The Labute approximate surface area is 107 Å². The average Bonchev–Trinajstić information content (AvgIpc) is 2.23. The van der Waals surface area contributed by atoms with Crippen LogP contribution in [0.3, 0.4) is 0 Å². The van der Waals surface area contributed by atoms with E-state index in [1.807, 2.05) is 0 Å². The summed E-state index contributed by atoms with van der Waals surface area (Å²) in [4.78, 5) is 22.8. The molecule has 4 aliphatic rings. The maximum absolute atomic E-state index is 11.5. The molecule has 4 heteroatoms. The highest BCUT2D eigenvalue weighted by atomic mass is 16.4. The predicted octanol–water partition coefficient (Wildman–Crippen LogP) is 1.79. The minimum Gasteiger partial charge on any atom is -0.480 e. The standard InChI is InChI=1S/C14H21NO3/c1-8(16)15-12(13(17)18)14-5-9-2-10(6-14)4-11(3-9)7-14/h9-12H,2-7H2,1H3,(H,15,16)(H,17,18). The first-order valence-corrected chi connectivity index (χ1v) is 6.98. The molecule has 4 saturated carbocycles. The SMILES string of the molecule is CC(=O)NC(C(=O)O)C12CC3CC(CC(C3)C1)C2. The highest BCUT2D eigenvalue weighted by molar-refractivity contribution is 5.83. The van der Waals surface area contributed by atoms with E-state index in [-0.39, 0.29) is 11.3 Å². The van der Waals surface area contributed by atoms with Gasteiger partial charge in [-0.3, -0.25) is 4.79 Å². The fourth-order valence-electron chi connectivity index (χ4n) is 5.21. The molecule has 4 rings (SSSR count). The molecular weight excluding hydrogens is 230 g/mol. The van der Waals surface area contributed by atoms with Gasteiger partial charge >= 0.3 is 5.97 Å². The first kappa shape index (κ1) is 12.0. The molecule has 0 aromatic rings. The van der Waals surface area contributed by atoms with Crippen LogP contribution in [0.5, 0.6) is 0 Å². The lowest BCUT2D eigenvalue weighted by Gasteiger charge is -2.58. The number of aliphatic carboxylic acids is 1. The number of carbonyl (C=O) groups is 2. The van der Waals surface area contributed by atoms with Crippen molar-refractivity contribution in [2.75, 3.05) is 0 Å². The van der Waals surface area contributed by atoms with Crippen LogP contribution in [0, 0.1) is 23.2 Å². The zero-order valence-corrected chi connectivity index (χ0v) is 10.8. The maximum Gasteiger partial charge on any atom is 0.326 e. The molecule has 100 valence electrons. The van der Waals surface area contributed by atoms with Crippen molar-refractivity contribution in [1.29, 1.82) is 0 Å². The normalized spacial score (nSPS) is 42.6. The van der Waals surface area contributed by atoms with E-state index in [0.29, 0.717) is 17.8 Å². The molecule has 0 spiro atoms. The summed E-state index contributed by atoms with van der Waals surface area (Å²) in [5.41, 5.74) is -0.160. The second kappa shape index (κ2) is 3.97. The van der Waals surface area contributed by atoms with E-state index in [4.69, 9.17) is 0 Å². The van der Waals surface area contributed by atoms with E-state index in [1.165, 1.54) is 26.2 Å². The highest BCUT2D eigenvalue weighted by Crippen LogP contribution is 2.61. The van der Waals surface area contributed by atoms with E-state index in [0.717, 1.165) is 19.3 Å². The Morgan fingerprint density at radius 3 is 1.89 bits per heavy atom. The Hall–Kier alpha value is -1.06. The third-order valence-corrected chi connectivity index (χ3v) is 5.29. The summed E-state index contributed by atoms with van der Waals surface area (Å²) in [5.74, 6) is 1.02. The molecule has 0 saturated heterocycles. The maximum atomic E-state index is 11.5. The summed E-state index contributed by atoms with van der Waals surface area (Å²) >= 11 is 0. The summed E-state index contributed by atoms with van der Waals surface area (Å²) in [6.45, 7) is 1.41. The van der Waals surface area contributed by atoms with Gasteiger partial charge in [0.15, 0.2) is 0 Å². The van der Waals surface area contributed by atoms with Gasteiger partial charge in [0.05, 0.1) is 0 Å². The molecule has 1 unspecified atom stereocenters. The first-order valence-electron chi connectivity index (χ1n) is 6.98. The zero-order chi connectivity index (χ0) is 12.9. The van der Waals surface area contributed by atoms with E-state index in [9.17, 15) is 14.7 Å². The number of carbonyl (C=O) groups excluding carboxylic acids is 1. The van der Waals surface area contributed by atoms with Crippen molar-refractivity contribution in [3.8, 4) is 0 Å². The lowest BCUT2D eigenvalue weighted by molar-refractivity contribution is -0.154. The molecule has 4 aliphatic carbocycles. The lowest BCUT2D eigenvalue weighted by atomic mass is 9.47. The van der Waals surface area contributed by atoms with E-state index in [1.54, 1.807) is 0 Å². The molecule has 1 amide bonds. The minimum atomic E-state index is -0.854. The van der Waals surface area contributed by atoms with Crippen LogP contribution in [0.4, 0.5) is 0 Å². The van der Waals surface area contributed by atoms with Gasteiger partial charge in [0, 0.05) is 12.3 Å². The van der Waals surface area contributed by atoms with Gasteiger partial charge < -0.3 is 10.4 Å². The summed E-state index contributed by atoms with van der Waals surface area (Å²) in [5, 5.41) is 12.2. The Kier molecular flexibility index (Phi) is 2.65. The third-order valence-electron chi connectivity index (χ3n) is 5.29. The van der Waals surface area contributed by atoms with Gasteiger partial charge in [-0.1, -0.05) is 0 Å². The third kappa shape index (κ3) is 1.82. The van der Waals surface area contributed by atoms with Crippen LogP contribution in [0.2, 0.25) is 0 Å². The predicted molar refractivity (Wildman–Crippen MR) is 65.8 cm³/mol. The van der Waals surface area contributed by atoms with Crippen LogP contribution in [-0.4, -0.2) is 23.0 Å². The number of carboxylic acid groups (broad SMARTS) is 1. The fraction of sp³-hybridized carbons (Fsp3) is 0.857. The van der Waals surface area contributed by atoms with Crippen LogP contribution in [0.1, 0.15) is 45.4 Å². The smallest absolute Gasteiger partial charge is 0.326 e. The molecule has 4 fully saturated rings. The molecule has 18 heavy (non-hydrogen) atoms. The summed E-state index contributed by atoms with van der Waals surface area (Å²) < 4.78 is 0. The van der Waals surface area contributed by atoms with Gasteiger partial charge in [-0.15, -0.1) is 0 Å². The molecule has 4 bridgehead atoms. The van der Waals surface area contributed by atoms with Gasteiger partial charge in [0.25, 0.3) is 0 Å². The molecule has 0 aromatic heterocycles. The summed E-state index contributed by atoms with van der Waals surface area (Å²) in [6.07, 6.45) is 6.84. The van der Waals surface area contributed by atoms with Gasteiger partial charge in [-0.25, -0.2) is 4.79 Å². The second-order valence-electron chi connectivity index (χ2n) is 6.75.